The summed E-state index contributed by atoms with van der Waals surface area (Å²) in [5.41, 5.74) is 0.275. The second kappa shape index (κ2) is 8.64. The summed E-state index contributed by atoms with van der Waals surface area (Å²) in [5.74, 6) is 1.70. The molecule has 0 bridgehead atoms. The van der Waals surface area contributed by atoms with Crippen LogP contribution in [-0.2, 0) is 13.6 Å². The Morgan fingerprint density at radius 2 is 2.10 bits per heavy atom. The molecule has 0 saturated heterocycles. The zero-order valence-corrected chi connectivity index (χ0v) is 14.1. The van der Waals surface area contributed by atoms with Crippen molar-refractivity contribution in [2.45, 2.75) is 53.0 Å². The number of hydrogen-bond donors (Lipinski definition) is 2. The Morgan fingerprint density at radius 1 is 1.33 bits per heavy atom. The molecule has 1 rings (SSSR count). The predicted octanol–water partition coefficient (Wildman–Crippen LogP) is 2.09. The standard InChI is InChI=1S/C15H30N6/c1-6-7-8-9-15(2,3)11-18-14(16-4)17-10-13-19-12-20-21(13)5/h12H,6-11H2,1-5H3,(H2,16,17,18). The van der Waals surface area contributed by atoms with E-state index in [1.165, 1.54) is 25.7 Å². The molecule has 6 nitrogen and oxygen atoms in total. The zero-order valence-electron chi connectivity index (χ0n) is 14.1. The van der Waals surface area contributed by atoms with Gasteiger partial charge in [0.05, 0.1) is 6.54 Å². The lowest BCUT2D eigenvalue weighted by Crippen LogP contribution is -2.42. The van der Waals surface area contributed by atoms with Crippen molar-refractivity contribution in [3.8, 4) is 0 Å². The maximum Gasteiger partial charge on any atom is 0.191 e. The van der Waals surface area contributed by atoms with Crippen LogP contribution >= 0.6 is 0 Å². The third-order valence-electron chi connectivity index (χ3n) is 3.63. The first-order chi connectivity index (χ1) is 9.98. The Labute approximate surface area is 128 Å². The predicted molar refractivity (Wildman–Crippen MR) is 87.1 cm³/mol. The minimum absolute atomic E-state index is 0.275. The third-order valence-corrected chi connectivity index (χ3v) is 3.63. The van der Waals surface area contributed by atoms with Crippen molar-refractivity contribution in [3.63, 3.8) is 0 Å². The lowest BCUT2D eigenvalue weighted by molar-refractivity contribution is 0.318. The second-order valence-electron chi connectivity index (χ2n) is 6.20. The molecule has 0 aliphatic heterocycles. The van der Waals surface area contributed by atoms with Gasteiger partial charge < -0.3 is 10.6 Å². The van der Waals surface area contributed by atoms with Crippen molar-refractivity contribution in [2.24, 2.45) is 17.5 Å². The fourth-order valence-corrected chi connectivity index (χ4v) is 2.13. The molecule has 6 heteroatoms. The molecule has 1 heterocycles. The third kappa shape index (κ3) is 6.60. The lowest BCUT2D eigenvalue weighted by atomic mass is 9.87. The van der Waals surface area contributed by atoms with Gasteiger partial charge in [-0.25, -0.2) is 4.98 Å². The van der Waals surface area contributed by atoms with Crippen LogP contribution in [0.4, 0.5) is 0 Å². The normalized spacial score (nSPS) is 12.5. The van der Waals surface area contributed by atoms with Crippen molar-refractivity contribution < 1.29 is 0 Å². The van der Waals surface area contributed by atoms with Crippen LogP contribution in [0.15, 0.2) is 11.3 Å². The second-order valence-corrected chi connectivity index (χ2v) is 6.20. The van der Waals surface area contributed by atoms with Crippen LogP contribution in [0.1, 0.15) is 52.3 Å². The van der Waals surface area contributed by atoms with Gasteiger partial charge >= 0.3 is 0 Å². The molecule has 0 unspecified atom stereocenters. The Bertz CT molecular complexity index is 435. The van der Waals surface area contributed by atoms with Crippen molar-refractivity contribution in [1.29, 1.82) is 0 Å². The van der Waals surface area contributed by atoms with Gasteiger partial charge in [-0.3, -0.25) is 9.67 Å². The van der Waals surface area contributed by atoms with Crippen LogP contribution in [0.5, 0.6) is 0 Å². The highest BCUT2D eigenvalue weighted by atomic mass is 15.3. The van der Waals surface area contributed by atoms with Gasteiger partial charge in [0, 0.05) is 20.6 Å². The maximum atomic E-state index is 4.25. The molecule has 21 heavy (non-hydrogen) atoms. The van der Waals surface area contributed by atoms with E-state index in [0.717, 1.165) is 18.3 Å². The SMILES string of the molecule is CCCCCC(C)(C)CNC(=NC)NCc1ncnn1C. The van der Waals surface area contributed by atoms with E-state index in [9.17, 15) is 0 Å². The van der Waals surface area contributed by atoms with E-state index in [1.807, 2.05) is 7.05 Å². The smallest absolute Gasteiger partial charge is 0.191 e. The zero-order chi connectivity index (χ0) is 15.7. The molecule has 0 radical (unpaired) electrons. The van der Waals surface area contributed by atoms with Crippen molar-refractivity contribution >= 4 is 5.96 Å². The molecule has 2 N–H and O–H groups in total. The average Bonchev–Trinajstić information content (AvgIpc) is 2.85. The number of aryl methyl sites for hydroxylation is 1. The summed E-state index contributed by atoms with van der Waals surface area (Å²) in [6.07, 6.45) is 6.65. The number of hydrogen-bond acceptors (Lipinski definition) is 3. The van der Waals surface area contributed by atoms with Gasteiger partial charge in [-0.2, -0.15) is 5.10 Å². The highest BCUT2D eigenvalue weighted by Crippen LogP contribution is 2.22. The van der Waals surface area contributed by atoms with Gasteiger partial charge in [-0.15, -0.1) is 0 Å². The number of nitrogens with one attached hydrogen (secondary N) is 2. The summed E-state index contributed by atoms with van der Waals surface area (Å²) in [7, 11) is 3.67. The van der Waals surface area contributed by atoms with Gasteiger partial charge in [-0.05, 0) is 11.8 Å². The summed E-state index contributed by atoms with van der Waals surface area (Å²) in [6, 6.07) is 0. The highest BCUT2D eigenvalue weighted by Gasteiger charge is 2.17. The molecule has 120 valence electrons. The van der Waals surface area contributed by atoms with Crippen LogP contribution in [-0.4, -0.2) is 34.3 Å². The number of unbranched alkanes of at least 4 members (excludes halogenated alkanes) is 2. The first-order valence-electron chi connectivity index (χ1n) is 7.76. The number of guanidine groups is 1. The lowest BCUT2D eigenvalue weighted by Gasteiger charge is -2.26. The van der Waals surface area contributed by atoms with Crippen molar-refractivity contribution in [2.75, 3.05) is 13.6 Å². The topological polar surface area (TPSA) is 67.1 Å². The van der Waals surface area contributed by atoms with Gasteiger partial charge in [0.25, 0.3) is 0 Å². The molecule has 0 atom stereocenters. The van der Waals surface area contributed by atoms with E-state index >= 15 is 0 Å². The van der Waals surface area contributed by atoms with E-state index in [-0.39, 0.29) is 5.41 Å². The molecule has 0 saturated carbocycles. The van der Waals surface area contributed by atoms with Crippen LogP contribution in [0.25, 0.3) is 0 Å². The van der Waals surface area contributed by atoms with E-state index in [1.54, 1.807) is 18.1 Å². The summed E-state index contributed by atoms with van der Waals surface area (Å²) in [6.45, 7) is 8.36. The molecule has 0 aliphatic carbocycles. The molecule has 0 fully saturated rings. The van der Waals surface area contributed by atoms with E-state index in [0.29, 0.717) is 6.54 Å². The summed E-state index contributed by atoms with van der Waals surface area (Å²) >= 11 is 0. The molecule has 0 spiro atoms. The Kier molecular flexibility index (Phi) is 7.19. The van der Waals surface area contributed by atoms with Gasteiger partial charge in [0.15, 0.2) is 5.96 Å². The van der Waals surface area contributed by atoms with E-state index in [4.69, 9.17) is 0 Å². The van der Waals surface area contributed by atoms with Crippen molar-refractivity contribution in [3.05, 3.63) is 12.2 Å². The fraction of sp³-hybridized carbons (Fsp3) is 0.800. The molecule has 0 aliphatic rings. The summed E-state index contributed by atoms with van der Waals surface area (Å²) in [4.78, 5) is 8.44. The van der Waals surface area contributed by atoms with Crippen LogP contribution < -0.4 is 10.6 Å². The van der Waals surface area contributed by atoms with E-state index < -0.39 is 0 Å². The van der Waals surface area contributed by atoms with Crippen LogP contribution in [0, 0.1) is 5.41 Å². The Balaban J connectivity index is 2.35. The van der Waals surface area contributed by atoms with E-state index in [2.05, 4.69) is 46.5 Å². The monoisotopic (exact) mass is 294 g/mol. The van der Waals surface area contributed by atoms with Crippen molar-refractivity contribution in [1.82, 2.24) is 25.4 Å². The Hall–Kier alpha value is -1.59. The van der Waals surface area contributed by atoms with Gasteiger partial charge in [0.2, 0.25) is 0 Å². The molecule has 0 aromatic carbocycles. The number of aliphatic imine (C=N–C) groups is 1. The van der Waals surface area contributed by atoms with Gasteiger partial charge in [-0.1, -0.05) is 40.0 Å². The molecular weight excluding hydrogens is 264 g/mol. The number of rotatable bonds is 8. The maximum absolute atomic E-state index is 4.25. The molecule has 0 amide bonds. The molecule has 1 aromatic heterocycles. The Morgan fingerprint density at radius 3 is 2.67 bits per heavy atom. The summed E-state index contributed by atoms with van der Waals surface area (Å²) < 4.78 is 1.76. The number of nitrogens with zero attached hydrogens (tertiary/aromatic N) is 4. The first-order valence-corrected chi connectivity index (χ1v) is 7.76. The highest BCUT2D eigenvalue weighted by molar-refractivity contribution is 5.79. The number of aromatic nitrogens is 3. The molecular formula is C15H30N6. The van der Waals surface area contributed by atoms with Crippen LogP contribution in [0.2, 0.25) is 0 Å². The molecule has 1 aromatic rings. The minimum Gasteiger partial charge on any atom is -0.356 e. The van der Waals surface area contributed by atoms with Crippen LogP contribution in [0.3, 0.4) is 0 Å². The quantitative estimate of drug-likeness (QED) is 0.438. The van der Waals surface area contributed by atoms with Gasteiger partial charge in [0.1, 0.15) is 12.2 Å². The average molecular weight is 294 g/mol. The first kappa shape index (κ1) is 17.5. The largest absolute Gasteiger partial charge is 0.356 e. The summed E-state index contributed by atoms with van der Waals surface area (Å²) in [5, 5.41) is 10.7. The minimum atomic E-state index is 0.275. The fourth-order valence-electron chi connectivity index (χ4n) is 2.13.